The molecule has 1 aromatic carbocycles. The summed E-state index contributed by atoms with van der Waals surface area (Å²) >= 11 is 0. The number of amides is 1. The molecule has 1 aliphatic heterocycles. The molecule has 1 saturated heterocycles. The Morgan fingerprint density at radius 3 is 2.38 bits per heavy atom. The number of benzene rings is 1. The fourth-order valence-electron chi connectivity index (χ4n) is 2.97. The fraction of sp³-hybridized carbons (Fsp3) is 0.579. The molecule has 0 saturated carbocycles. The zero-order valence-corrected chi connectivity index (χ0v) is 15.2. The Kier molecular flexibility index (Phi) is 6.17. The van der Waals surface area contributed by atoms with Gasteiger partial charge in [-0.3, -0.25) is 4.79 Å². The van der Waals surface area contributed by atoms with E-state index in [1.165, 1.54) is 6.07 Å². The number of piperidine rings is 1. The molecule has 1 aromatic rings. The van der Waals surface area contributed by atoms with Crippen molar-refractivity contribution in [2.75, 3.05) is 18.0 Å². The Balaban J connectivity index is 2.04. The first kappa shape index (κ1) is 20.1. The Bertz CT molecular complexity index is 686. The van der Waals surface area contributed by atoms with Gasteiger partial charge in [0.25, 0.3) is 0 Å². The smallest absolute Gasteiger partial charge is 0.370 e. The zero-order chi connectivity index (χ0) is 19.5. The summed E-state index contributed by atoms with van der Waals surface area (Å²) < 4.78 is 38.4. The molecule has 7 heteroatoms. The van der Waals surface area contributed by atoms with Crippen molar-refractivity contribution in [2.45, 2.75) is 45.8 Å². The van der Waals surface area contributed by atoms with Crippen LogP contribution in [0.1, 0.15) is 44.7 Å². The van der Waals surface area contributed by atoms with Gasteiger partial charge in [-0.25, -0.2) is 0 Å². The van der Waals surface area contributed by atoms with E-state index in [0.29, 0.717) is 37.5 Å². The number of nitrogens with zero attached hydrogens (tertiary/aromatic N) is 2. The maximum atomic E-state index is 12.8. The van der Waals surface area contributed by atoms with E-state index in [0.717, 1.165) is 12.1 Å². The van der Waals surface area contributed by atoms with Gasteiger partial charge >= 0.3 is 6.18 Å². The van der Waals surface area contributed by atoms with Crippen molar-refractivity contribution in [3.63, 3.8) is 0 Å². The van der Waals surface area contributed by atoms with Gasteiger partial charge < -0.3 is 10.2 Å². The van der Waals surface area contributed by atoms with Crippen LogP contribution in [-0.2, 0) is 11.0 Å². The van der Waals surface area contributed by atoms with Crippen molar-refractivity contribution in [1.82, 2.24) is 5.32 Å². The van der Waals surface area contributed by atoms with Crippen molar-refractivity contribution >= 4 is 11.6 Å². The Morgan fingerprint density at radius 2 is 1.88 bits per heavy atom. The SMILES string of the molecule is CC(C)C(C)NC(=O)C1CCN(c2ccc(C(F)(F)F)cc2C#N)CC1. The first-order chi connectivity index (χ1) is 12.1. The summed E-state index contributed by atoms with van der Waals surface area (Å²) in [4.78, 5) is 14.2. The third-order valence-electron chi connectivity index (χ3n) is 5.02. The van der Waals surface area contributed by atoms with Gasteiger partial charge in [0.05, 0.1) is 16.8 Å². The average Bonchev–Trinajstić information content (AvgIpc) is 2.60. The Morgan fingerprint density at radius 1 is 1.27 bits per heavy atom. The Labute approximate surface area is 152 Å². The van der Waals surface area contributed by atoms with Gasteiger partial charge in [-0.05, 0) is 43.9 Å². The normalized spacial score (nSPS) is 17.1. The van der Waals surface area contributed by atoms with Crippen LogP contribution < -0.4 is 10.2 Å². The molecule has 142 valence electrons. The Hall–Kier alpha value is -2.23. The van der Waals surface area contributed by atoms with Crippen LogP contribution in [0, 0.1) is 23.2 Å². The van der Waals surface area contributed by atoms with Gasteiger partial charge in [-0.2, -0.15) is 18.4 Å². The minimum atomic E-state index is -4.47. The van der Waals surface area contributed by atoms with Crippen molar-refractivity contribution in [3.05, 3.63) is 29.3 Å². The summed E-state index contributed by atoms with van der Waals surface area (Å²) in [5, 5.41) is 12.2. The van der Waals surface area contributed by atoms with Crippen molar-refractivity contribution in [3.8, 4) is 6.07 Å². The molecule has 0 radical (unpaired) electrons. The van der Waals surface area contributed by atoms with Crippen LogP contribution in [0.4, 0.5) is 18.9 Å². The second-order valence-corrected chi connectivity index (χ2v) is 7.14. The van der Waals surface area contributed by atoms with Gasteiger partial charge in [-0.1, -0.05) is 13.8 Å². The molecule has 26 heavy (non-hydrogen) atoms. The minimum absolute atomic E-state index is 0.0103. The molecule has 1 amide bonds. The molecule has 4 nitrogen and oxygen atoms in total. The number of carbonyl (C=O) groups is 1. The number of nitrogens with one attached hydrogen (secondary N) is 1. The van der Waals surface area contributed by atoms with E-state index in [1.54, 1.807) is 0 Å². The van der Waals surface area contributed by atoms with E-state index in [1.807, 2.05) is 31.7 Å². The van der Waals surface area contributed by atoms with E-state index in [9.17, 15) is 23.2 Å². The molecule has 1 fully saturated rings. The molecule has 1 atom stereocenters. The number of nitriles is 1. The van der Waals surface area contributed by atoms with Crippen LogP contribution in [-0.4, -0.2) is 25.0 Å². The topological polar surface area (TPSA) is 56.1 Å². The highest BCUT2D eigenvalue weighted by Crippen LogP contribution is 2.34. The first-order valence-corrected chi connectivity index (χ1v) is 8.80. The molecule has 0 aliphatic carbocycles. The highest BCUT2D eigenvalue weighted by Gasteiger charge is 2.32. The van der Waals surface area contributed by atoms with Gasteiger partial charge in [0.1, 0.15) is 6.07 Å². The number of carbonyl (C=O) groups excluding carboxylic acids is 1. The number of hydrogen-bond donors (Lipinski definition) is 1. The number of hydrogen-bond acceptors (Lipinski definition) is 3. The van der Waals surface area contributed by atoms with E-state index in [-0.39, 0.29) is 23.4 Å². The standard InChI is InChI=1S/C19H24F3N3O/c1-12(2)13(3)24-18(26)14-6-8-25(9-7-14)17-5-4-16(19(20,21)22)10-15(17)11-23/h4-5,10,12-14H,6-9H2,1-3H3,(H,24,26). The molecule has 1 heterocycles. The predicted octanol–water partition coefficient (Wildman–Crippen LogP) is 3.95. The lowest BCUT2D eigenvalue weighted by atomic mass is 9.94. The third-order valence-corrected chi connectivity index (χ3v) is 5.02. The summed E-state index contributed by atoms with van der Waals surface area (Å²) in [5.41, 5.74) is -0.319. The average molecular weight is 367 g/mol. The van der Waals surface area contributed by atoms with Crippen molar-refractivity contribution in [2.24, 2.45) is 11.8 Å². The van der Waals surface area contributed by atoms with E-state index >= 15 is 0 Å². The number of halogens is 3. The predicted molar refractivity (Wildman–Crippen MR) is 93.5 cm³/mol. The number of rotatable bonds is 4. The molecule has 2 rings (SSSR count). The third kappa shape index (κ3) is 4.69. The molecular formula is C19H24F3N3O. The molecule has 1 N–H and O–H groups in total. The fourth-order valence-corrected chi connectivity index (χ4v) is 2.97. The van der Waals surface area contributed by atoms with Crippen LogP contribution in [0.5, 0.6) is 0 Å². The lowest BCUT2D eigenvalue weighted by molar-refractivity contribution is -0.137. The minimum Gasteiger partial charge on any atom is -0.370 e. The van der Waals surface area contributed by atoms with Crippen LogP contribution in [0.3, 0.4) is 0 Å². The molecule has 1 aliphatic rings. The van der Waals surface area contributed by atoms with Crippen molar-refractivity contribution in [1.29, 1.82) is 5.26 Å². The van der Waals surface area contributed by atoms with Gasteiger partial charge in [0.2, 0.25) is 5.91 Å². The second-order valence-electron chi connectivity index (χ2n) is 7.14. The van der Waals surface area contributed by atoms with Crippen LogP contribution >= 0.6 is 0 Å². The maximum absolute atomic E-state index is 12.8. The van der Waals surface area contributed by atoms with Crippen LogP contribution in [0.2, 0.25) is 0 Å². The van der Waals surface area contributed by atoms with E-state index in [2.05, 4.69) is 5.32 Å². The lowest BCUT2D eigenvalue weighted by Crippen LogP contribution is -2.44. The highest BCUT2D eigenvalue weighted by atomic mass is 19.4. The number of anilines is 1. The molecular weight excluding hydrogens is 343 g/mol. The van der Waals surface area contributed by atoms with E-state index < -0.39 is 11.7 Å². The van der Waals surface area contributed by atoms with Crippen LogP contribution in [0.25, 0.3) is 0 Å². The lowest BCUT2D eigenvalue weighted by Gasteiger charge is -2.34. The zero-order valence-electron chi connectivity index (χ0n) is 15.2. The van der Waals surface area contributed by atoms with Crippen LogP contribution in [0.15, 0.2) is 18.2 Å². The molecule has 0 aromatic heterocycles. The summed E-state index contributed by atoms with van der Waals surface area (Å²) in [6.45, 7) is 7.13. The summed E-state index contributed by atoms with van der Waals surface area (Å²) in [6.07, 6.45) is -3.24. The first-order valence-electron chi connectivity index (χ1n) is 8.80. The molecule has 0 spiro atoms. The van der Waals surface area contributed by atoms with E-state index in [4.69, 9.17) is 0 Å². The largest absolute Gasteiger partial charge is 0.416 e. The highest BCUT2D eigenvalue weighted by molar-refractivity contribution is 5.79. The van der Waals surface area contributed by atoms with Gasteiger partial charge in [0, 0.05) is 25.0 Å². The second kappa shape index (κ2) is 7.98. The van der Waals surface area contributed by atoms with Gasteiger partial charge in [-0.15, -0.1) is 0 Å². The van der Waals surface area contributed by atoms with Crippen molar-refractivity contribution < 1.29 is 18.0 Å². The maximum Gasteiger partial charge on any atom is 0.416 e. The quantitative estimate of drug-likeness (QED) is 0.877. The molecule has 1 unspecified atom stereocenters. The molecule has 0 bridgehead atoms. The summed E-state index contributed by atoms with van der Waals surface area (Å²) in [5.74, 6) is 0.274. The van der Waals surface area contributed by atoms with Gasteiger partial charge in [0.15, 0.2) is 0 Å². The summed E-state index contributed by atoms with van der Waals surface area (Å²) in [6, 6.07) is 5.19. The number of alkyl halides is 3. The summed E-state index contributed by atoms with van der Waals surface area (Å²) in [7, 11) is 0. The monoisotopic (exact) mass is 367 g/mol.